The van der Waals surface area contributed by atoms with Crippen LogP contribution in [0.5, 0.6) is 0 Å². The molecule has 1 saturated carbocycles. The molecule has 0 unspecified atom stereocenters. The second-order valence-electron chi connectivity index (χ2n) is 11.3. The predicted octanol–water partition coefficient (Wildman–Crippen LogP) is 9.34. The lowest BCUT2D eigenvalue weighted by atomic mass is 9.68. The molecule has 1 spiro atoms. The lowest BCUT2D eigenvalue weighted by Crippen LogP contribution is -2.31. The molecular formula is C33H35ClN2O2. The first kappa shape index (κ1) is 26.2. The quantitative estimate of drug-likeness (QED) is 0.189. The Kier molecular flexibility index (Phi) is 6.73. The highest BCUT2D eigenvalue weighted by Crippen LogP contribution is 2.56. The normalized spacial score (nSPS) is 18.0. The summed E-state index contributed by atoms with van der Waals surface area (Å²) < 4.78 is 0. The SMILES string of the molecule is C=C(/C=C/C=C1/N(C)c2cc(Cl)c([N+](=O)[O-])cc2C12CCCCC2)C(C)(C)c1c(C)ccc2ccccc12. The van der Waals surface area contributed by atoms with E-state index >= 15 is 0 Å². The average Bonchev–Trinajstić information content (AvgIpc) is 3.09. The molecule has 196 valence electrons. The van der Waals surface area contributed by atoms with Crippen molar-refractivity contribution in [3.05, 3.63) is 116 Å². The van der Waals surface area contributed by atoms with Gasteiger partial charge in [0.25, 0.3) is 5.69 Å². The number of allylic oxidation sites excluding steroid dienone is 5. The zero-order valence-corrected chi connectivity index (χ0v) is 23.4. The van der Waals surface area contributed by atoms with Crippen molar-refractivity contribution in [2.45, 2.75) is 63.7 Å². The Labute approximate surface area is 230 Å². The molecule has 3 aromatic carbocycles. The van der Waals surface area contributed by atoms with Gasteiger partial charge in [0.2, 0.25) is 0 Å². The van der Waals surface area contributed by atoms with Gasteiger partial charge in [0, 0.05) is 35.3 Å². The van der Waals surface area contributed by atoms with E-state index < -0.39 is 0 Å². The fourth-order valence-electron chi connectivity index (χ4n) is 6.73. The van der Waals surface area contributed by atoms with Gasteiger partial charge in [-0.3, -0.25) is 10.1 Å². The number of rotatable bonds is 5. The molecule has 0 N–H and O–H groups in total. The first-order chi connectivity index (χ1) is 18.1. The molecule has 2 aliphatic rings. The summed E-state index contributed by atoms with van der Waals surface area (Å²) in [6, 6.07) is 16.4. The number of halogens is 1. The number of nitrogens with zero attached hydrogens (tertiary/aromatic N) is 2. The van der Waals surface area contributed by atoms with Crippen LogP contribution in [0.4, 0.5) is 11.4 Å². The molecule has 0 aromatic heterocycles. The van der Waals surface area contributed by atoms with Crippen LogP contribution in [0, 0.1) is 17.0 Å². The van der Waals surface area contributed by atoms with Gasteiger partial charge in [-0.05, 0) is 64.9 Å². The number of benzene rings is 3. The third-order valence-electron chi connectivity index (χ3n) is 8.81. The van der Waals surface area contributed by atoms with E-state index in [1.54, 1.807) is 12.1 Å². The van der Waals surface area contributed by atoms with Crippen LogP contribution in [0.3, 0.4) is 0 Å². The Morgan fingerprint density at radius 1 is 1.13 bits per heavy atom. The molecule has 38 heavy (non-hydrogen) atoms. The van der Waals surface area contributed by atoms with Crippen molar-refractivity contribution in [2.24, 2.45) is 0 Å². The second kappa shape index (κ2) is 9.74. The summed E-state index contributed by atoms with van der Waals surface area (Å²) in [5.74, 6) is 0. The maximum atomic E-state index is 11.7. The monoisotopic (exact) mass is 526 g/mol. The second-order valence-corrected chi connectivity index (χ2v) is 11.7. The third-order valence-corrected chi connectivity index (χ3v) is 9.12. The van der Waals surface area contributed by atoms with E-state index in [1.165, 1.54) is 34.0 Å². The van der Waals surface area contributed by atoms with Gasteiger partial charge in [0.05, 0.1) is 4.92 Å². The lowest BCUT2D eigenvalue weighted by molar-refractivity contribution is -0.384. The minimum absolute atomic E-state index is 0.0128. The highest BCUT2D eigenvalue weighted by molar-refractivity contribution is 6.33. The van der Waals surface area contributed by atoms with E-state index in [0.717, 1.165) is 42.5 Å². The van der Waals surface area contributed by atoms with Gasteiger partial charge in [-0.1, -0.05) is 99.8 Å². The van der Waals surface area contributed by atoms with Crippen molar-refractivity contribution in [3.63, 3.8) is 0 Å². The van der Waals surface area contributed by atoms with Gasteiger partial charge in [-0.25, -0.2) is 0 Å². The third kappa shape index (κ3) is 4.16. The van der Waals surface area contributed by atoms with E-state index in [1.807, 2.05) is 7.05 Å². The summed E-state index contributed by atoms with van der Waals surface area (Å²) in [5.41, 5.74) is 6.25. The highest BCUT2D eigenvalue weighted by atomic mass is 35.5. The van der Waals surface area contributed by atoms with Crippen LogP contribution >= 0.6 is 11.6 Å². The van der Waals surface area contributed by atoms with Gasteiger partial charge < -0.3 is 4.90 Å². The lowest BCUT2D eigenvalue weighted by Gasteiger charge is -2.36. The zero-order chi connectivity index (χ0) is 27.2. The number of likely N-dealkylation sites (N-methyl/N-ethyl adjacent to an activating group) is 1. The molecule has 5 heteroatoms. The minimum atomic E-state index is -0.373. The summed E-state index contributed by atoms with van der Waals surface area (Å²) >= 11 is 6.34. The van der Waals surface area contributed by atoms with Crippen molar-refractivity contribution in [1.29, 1.82) is 0 Å². The zero-order valence-electron chi connectivity index (χ0n) is 22.7. The van der Waals surface area contributed by atoms with E-state index in [4.69, 9.17) is 11.6 Å². The van der Waals surface area contributed by atoms with Crippen LogP contribution in [-0.2, 0) is 10.8 Å². The van der Waals surface area contributed by atoms with Crippen LogP contribution in [0.2, 0.25) is 5.02 Å². The van der Waals surface area contributed by atoms with Gasteiger partial charge in [-0.15, -0.1) is 0 Å². The summed E-state index contributed by atoms with van der Waals surface area (Å²) in [5, 5.41) is 14.4. The van der Waals surface area contributed by atoms with Crippen LogP contribution < -0.4 is 4.90 Å². The number of fused-ring (bicyclic) bond motifs is 3. The summed E-state index contributed by atoms with van der Waals surface area (Å²) in [6.45, 7) is 11.1. The first-order valence-electron chi connectivity index (χ1n) is 13.4. The number of aryl methyl sites for hydroxylation is 1. The molecule has 1 aliphatic carbocycles. The van der Waals surface area contributed by atoms with Crippen LogP contribution in [-0.4, -0.2) is 12.0 Å². The number of nitro groups is 1. The fourth-order valence-corrected chi connectivity index (χ4v) is 6.95. The smallest absolute Gasteiger partial charge is 0.288 e. The Morgan fingerprint density at radius 3 is 2.55 bits per heavy atom. The average molecular weight is 527 g/mol. The number of anilines is 1. The Bertz CT molecular complexity index is 1510. The highest BCUT2D eigenvalue weighted by Gasteiger charge is 2.47. The predicted molar refractivity (Wildman–Crippen MR) is 159 cm³/mol. The molecule has 5 rings (SSSR count). The summed E-state index contributed by atoms with van der Waals surface area (Å²) in [7, 11) is 2.04. The van der Waals surface area contributed by atoms with Gasteiger partial charge >= 0.3 is 0 Å². The molecule has 0 radical (unpaired) electrons. The topological polar surface area (TPSA) is 46.4 Å². The maximum absolute atomic E-state index is 11.7. The van der Waals surface area contributed by atoms with Crippen molar-refractivity contribution < 1.29 is 4.92 Å². The molecule has 3 aromatic rings. The Morgan fingerprint density at radius 2 is 1.84 bits per heavy atom. The molecule has 4 nitrogen and oxygen atoms in total. The number of nitro benzene ring substituents is 1. The molecule has 1 heterocycles. The summed E-state index contributed by atoms with van der Waals surface area (Å²) in [4.78, 5) is 13.5. The largest absolute Gasteiger partial charge is 0.347 e. The Balaban J connectivity index is 1.53. The van der Waals surface area contributed by atoms with Crippen molar-refractivity contribution >= 4 is 33.7 Å². The number of hydrogen-bond donors (Lipinski definition) is 0. The Hall–Kier alpha value is -3.37. The standard InChI is InChI=1S/C33H35ClN2O2/c1-22-16-17-24-13-7-8-14-25(24)31(22)32(3,4)23(2)12-11-15-30-33(18-9-6-10-19-33)26-20-29(36(37)38)27(34)21-28(26)35(30)5/h7-8,11-17,20-21H,2,6,9-10,18-19H2,1,3-5H3/b12-11+,30-15+. The molecule has 1 fully saturated rings. The summed E-state index contributed by atoms with van der Waals surface area (Å²) in [6.07, 6.45) is 11.8. The van der Waals surface area contributed by atoms with E-state index in [-0.39, 0.29) is 26.5 Å². The molecule has 1 aliphatic heterocycles. The molecule has 0 amide bonds. The van der Waals surface area contributed by atoms with Gasteiger partial charge in [0.1, 0.15) is 5.02 Å². The molecule has 0 saturated heterocycles. The van der Waals surface area contributed by atoms with Crippen molar-refractivity contribution in [3.8, 4) is 0 Å². The number of hydrogen-bond acceptors (Lipinski definition) is 3. The molecule has 0 bridgehead atoms. The van der Waals surface area contributed by atoms with Gasteiger partial charge in [-0.2, -0.15) is 0 Å². The van der Waals surface area contributed by atoms with Crippen molar-refractivity contribution in [1.82, 2.24) is 0 Å². The van der Waals surface area contributed by atoms with Crippen LogP contribution in [0.1, 0.15) is 62.6 Å². The molecule has 0 atom stereocenters. The van der Waals surface area contributed by atoms with Crippen LogP contribution in [0.25, 0.3) is 10.8 Å². The van der Waals surface area contributed by atoms with E-state index in [0.29, 0.717) is 0 Å². The molecular weight excluding hydrogens is 492 g/mol. The van der Waals surface area contributed by atoms with Crippen LogP contribution in [0.15, 0.2) is 84.6 Å². The van der Waals surface area contributed by atoms with Crippen molar-refractivity contribution in [2.75, 3.05) is 11.9 Å². The van der Waals surface area contributed by atoms with Gasteiger partial charge in [0.15, 0.2) is 0 Å². The van der Waals surface area contributed by atoms with E-state index in [9.17, 15) is 10.1 Å². The first-order valence-corrected chi connectivity index (χ1v) is 13.7. The minimum Gasteiger partial charge on any atom is -0.347 e. The fraction of sp³-hybridized carbons (Fsp3) is 0.333. The maximum Gasteiger partial charge on any atom is 0.288 e. The van der Waals surface area contributed by atoms with E-state index in [2.05, 4.69) is 86.9 Å².